The Morgan fingerprint density at radius 3 is 2.26 bits per heavy atom. The molecule has 0 saturated carbocycles. The van der Waals surface area contributed by atoms with Gasteiger partial charge in [0.15, 0.2) is 0 Å². The molecule has 3 aromatic carbocycles. The monoisotopic (exact) mass is 553 g/mol. The van der Waals surface area contributed by atoms with Crippen molar-refractivity contribution in [1.82, 2.24) is 10.2 Å². The molecule has 1 N–H and O–H groups in total. The molecule has 0 aliphatic heterocycles. The Morgan fingerprint density at radius 2 is 1.64 bits per heavy atom. The molecule has 0 aliphatic carbocycles. The van der Waals surface area contributed by atoms with E-state index in [1.807, 2.05) is 75.4 Å². The SMILES string of the molecule is CCC(C)NC(=O)C(Cc1ccccc1)N(Cc1ccccc1C)C(=O)CN(c1cccc(F)c1)S(C)(=O)=O. The minimum absolute atomic E-state index is 0.0327. The van der Waals surface area contributed by atoms with Crippen LogP contribution in [0.15, 0.2) is 78.9 Å². The van der Waals surface area contributed by atoms with E-state index in [2.05, 4.69) is 5.32 Å². The topological polar surface area (TPSA) is 86.8 Å². The van der Waals surface area contributed by atoms with E-state index in [-0.39, 0.29) is 30.6 Å². The zero-order chi connectivity index (χ0) is 28.6. The van der Waals surface area contributed by atoms with Crippen LogP contribution < -0.4 is 9.62 Å². The molecule has 0 radical (unpaired) electrons. The predicted octanol–water partition coefficient (Wildman–Crippen LogP) is 4.45. The van der Waals surface area contributed by atoms with Gasteiger partial charge in [-0.2, -0.15) is 0 Å². The number of anilines is 1. The number of carbonyl (C=O) groups excluding carboxylic acids is 2. The highest BCUT2D eigenvalue weighted by atomic mass is 32.2. The molecule has 39 heavy (non-hydrogen) atoms. The Kier molecular flexibility index (Phi) is 10.2. The molecule has 0 bridgehead atoms. The summed E-state index contributed by atoms with van der Waals surface area (Å²) in [6.45, 7) is 5.27. The molecule has 3 rings (SSSR count). The number of halogens is 1. The fourth-order valence-corrected chi connectivity index (χ4v) is 5.05. The third-order valence-electron chi connectivity index (χ3n) is 6.65. The summed E-state index contributed by atoms with van der Waals surface area (Å²) >= 11 is 0. The van der Waals surface area contributed by atoms with Gasteiger partial charge in [0.1, 0.15) is 18.4 Å². The number of sulfonamides is 1. The molecule has 2 unspecified atom stereocenters. The van der Waals surface area contributed by atoms with Crippen molar-refractivity contribution < 1.29 is 22.4 Å². The van der Waals surface area contributed by atoms with Gasteiger partial charge in [0.2, 0.25) is 21.8 Å². The maximum Gasteiger partial charge on any atom is 0.244 e. The minimum atomic E-state index is -3.95. The largest absolute Gasteiger partial charge is 0.352 e. The van der Waals surface area contributed by atoms with E-state index in [4.69, 9.17) is 0 Å². The second kappa shape index (κ2) is 13.4. The van der Waals surface area contributed by atoms with E-state index >= 15 is 0 Å². The van der Waals surface area contributed by atoms with Gasteiger partial charge in [0, 0.05) is 19.0 Å². The minimum Gasteiger partial charge on any atom is -0.352 e. The van der Waals surface area contributed by atoms with Crippen molar-refractivity contribution in [2.75, 3.05) is 17.1 Å². The van der Waals surface area contributed by atoms with Gasteiger partial charge in [0.25, 0.3) is 0 Å². The van der Waals surface area contributed by atoms with E-state index in [0.717, 1.165) is 33.3 Å². The second-order valence-corrected chi connectivity index (χ2v) is 11.6. The van der Waals surface area contributed by atoms with Crippen LogP contribution in [0.1, 0.15) is 37.0 Å². The molecule has 2 atom stereocenters. The number of carbonyl (C=O) groups is 2. The Hall–Kier alpha value is -3.72. The number of amides is 2. The van der Waals surface area contributed by atoms with Crippen molar-refractivity contribution in [2.45, 2.75) is 52.2 Å². The average Bonchev–Trinajstić information content (AvgIpc) is 2.89. The van der Waals surface area contributed by atoms with Gasteiger partial charge in [-0.05, 0) is 55.2 Å². The van der Waals surface area contributed by atoms with E-state index < -0.39 is 34.3 Å². The summed E-state index contributed by atoms with van der Waals surface area (Å²) in [7, 11) is -3.95. The molecule has 9 heteroatoms. The lowest BCUT2D eigenvalue weighted by Crippen LogP contribution is -2.54. The molecule has 0 fully saturated rings. The Morgan fingerprint density at radius 1 is 0.974 bits per heavy atom. The fourth-order valence-electron chi connectivity index (χ4n) is 4.21. The van der Waals surface area contributed by atoms with Gasteiger partial charge >= 0.3 is 0 Å². The second-order valence-electron chi connectivity index (χ2n) is 9.72. The number of nitrogens with one attached hydrogen (secondary N) is 1. The van der Waals surface area contributed by atoms with Gasteiger partial charge in [0.05, 0.1) is 11.9 Å². The first-order valence-electron chi connectivity index (χ1n) is 12.9. The van der Waals surface area contributed by atoms with Crippen LogP contribution >= 0.6 is 0 Å². The zero-order valence-corrected chi connectivity index (χ0v) is 23.6. The summed E-state index contributed by atoms with van der Waals surface area (Å²) in [6.07, 6.45) is 1.91. The van der Waals surface area contributed by atoms with Crippen molar-refractivity contribution in [3.63, 3.8) is 0 Å². The molecule has 208 valence electrons. The maximum absolute atomic E-state index is 14.0. The fraction of sp³-hybridized carbons (Fsp3) is 0.333. The smallest absolute Gasteiger partial charge is 0.244 e. The third-order valence-corrected chi connectivity index (χ3v) is 7.79. The normalized spacial score (nSPS) is 12.8. The Balaban J connectivity index is 2.07. The standard InChI is InChI=1S/C30H36FN3O4S/c1-5-23(3)32-30(36)28(18-24-13-7-6-8-14-24)33(20-25-15-10-9-12-22(25)2)29(35)21-34(39(4,37)38)27-17-11-16-26(31)19-27/h6-17,19,23,28H,5,18,20-21H2,1-4H3,(H,32,36). The number of hydrogen-bond donors (Lipinski definition) is 1. The van der Waals surface area contributed by atoms with Crippen LogP contribution in [0.2, 0.25) is 0 Å². The van der Waals surface area contributed by atoms with Crippen molar-refractivity contribution in [1.29, 1.82) is 0 Å². The number of aryl methyl sites for hydroxylation is 1. The first kappa shape index (κ1) is 29.8. The lowest BCUT2D eigenvalue weighted by Gasteiger charge is -2.34. The third kappa shape index (κ3) is 8.38. The summed E-state index contributed by atoms with van der Waals surface area (Å²) in [4.78, 5) is 29.1. The van der Waals surface area contributed by atoms with Crippen LogP contribution in [-0.2, 0) is 32.6 Å². The molecule has 0 aromatic heterocycles. The molecule has 2 amide bonds. The molecule has 0 aliphatic rings. The van der Waals surface area contributed by atoms with Crippen molar-refractivity contribution in [3.05, 3.63) is 101 Å². The first-order valence-corrected chi connectivity index (χ1v) is 14.8. The van der Waals surface area contributed by atoms with E-state index in [9.17, 15) is 22.4 Å². The van der Waals surface area contributed by atoms with Crippen molar-refractivity contribution in [2.24, 2.45) is 0 Å². The zero-order valence-electron chi connectivity index (χ0n) is 22.8. The molecule has 0 heterocycles. The highest BCUT2D eigenvalue weighted by Gasteiger charge is 2.33. The highest BCUT2D eigenvalue weighted by molar-refractivity contribution is 7.92. The van der Waals surface area contributed by atoms with Gasteiger partial charge in [-0.3, -0.25) is 13.9 Å². The molecule has 0 saturated heterocycles. The van der Waals surface area contributed by atoms with Crippen LogP contribution in [0, 0.1) is 12.7 Å². The summed E-state index contributed by atoms with van der Waals surface area (Å²) < 4.78 is 40.4. The van der Waals surface area contributed by atoms with Crippen molar-refractivity contribution >= 4 is 27.5 Å². The van der Waals surface area contributed by atoms with Gasteiger partial charge in [-0.15, -0.1) is 0 Å². The summed E-state index contributed by atoms with van der Waals surface area (Å²) in [5.74, 6) is -1.53. The highest BCUT2D eigenvalue weighted by Crippen LogP contribution is 2.22. The number of nitrogens with zero attached hydrogens (tertiary/aromatic N) is 2. The van der Waals surface area contributed by atoms with Crippen molar-refractivity contribution in [3.8, 4) is 0 Å². The van der Waals surface area contributed by atoms with Crippen LogP contribution in [0.5, 0.6) is 0 Å². The Bertz CT molecular complexity index is 1380. The van der Waals surface area contributed by atoms with Gasteiger partial charge < -0.3 is 10.2 Å². The van der Waals surface area contributed by atoms with E-state index in [1.54, 1.807) is 0 Å². The van der Waals surface area contributed by atoms with Crippen LogP contribution in [0.25, 0.3) is 0 Å². The van der Waals surface area contributed by atoms with E-state index in [0.29, 0.717) is 6.42 Å². The number of rotatable bonds is 12. The van der Waals surface area contributed by atoms with E-state index in [1.165, 1.54) is 23.1 Å². The quantitative estimate of drug-likeness (QED) is 0.359. The van der Waals surface area contributed by atoms with Gasteiger partial charge in [-0.1, -0.05) is 67.6 Å². The lowest BCUT2D eigenvalue weighted by atomic mass is 10.0. The van der Waals surface area contributed by atoms with Gasteiger partial charge in [-0.25, -0.2) is 12.8 Å². The molecular weight excluding hydrogens is 517 g/mol. The predicted molar refractivity (Wildman–Crippen MR) is 152 cm³/mol. The van der Waals surface area contributed by atoms with Crippen LogP contribution in [0.3, 0.4) is 0 Å². The summed E-state index contributed by atoms with van der Waals surface area (Å²) in [5, 5.41) is 2.99. The van der Waals surface area contributed by atoms with Crippen LogP contribution in [-0.4, -0.2) is 50.0 Å². The summed E-state index contributed by atoms with van der Waals surface area (Å²) in [6, 6.07) is 20.9. The molecule has 7 nitrogen and oxygen atoms in total. The lowest BCUT2D eigenvalue weighted by molar-refractivity contribution is -0.140. The maximum atomic E-state index is 14.0. The van der Waals surface area contributed by atoms with Crippen LogP contribution in [0.4, 0.5) is 10.1 Å². The molecular formula is C30H36FN3O4S. The first-order chi connectivity index (χ1) is 18.5. The average molecular weight is 554 g/mol. The number of hydrogen-bond acceptors (Lipinski definition) is 4. The molecule has 0 spiro atoms. The summed E-state index contributed by atoms with van der Waals surface area (Å²) in [5.41, 5.74) is 2.65. The number of benzene rings is 3. The Labute approximate surface area is 230 Å². The molecule has 3 aromatic rings.